The quantitative estimate of drug-likeness (QED) is 0.850. The fraction of sp³-hybridized carbons (Fsp3) is 0.250. The smallest absolute Gasteiger partial charge is 0.310 e. The summed E-state index contributed by atoms with van der Waals surface area (Å²) in [6.45, 7) is 1.81. The molecule has 1 aromatic carbocycles. The summed E-state index contributed by atoms with van der Waals surface area (Å²) in [5.74, 6) is -0.916. The number of halogens is 2. The molecule has 0 bridgehead atoms. The third-order valence-corrected chi connectivity index (χ3v) is 3.66. The number of nitrogens with one attached hydrogen (secondary N) is 1. The molecule has 122 valence electrons. The fourth-order valence-corrected chi connectivity index (χ4v) is 2.27. The Bertz CT molecular complexity index is 789. The molecule has 0 aliphatic heterocycles. The first-order valence-corrected chi connectivity index (χ1v) is 7.26. The van der Waals surface area contributed by atoms with Gasteiger partial charge in [-0.25, -0.2) is 9.07 Å². The second-order valence-corrected chi connectivity index (χ2v) is 5.41. The Balaban J connectivity index is 2.24. The maximum Gasteiger partial charge on any atom is 0.310 e. The van der Waals surface area contributed by atoms with Crippen molar-refractivity contribution in [3.8, 4) is 0 Å². The summed E-state index contributed by atoms with van der Waals surface area (Å²) < 4.78 is 19.5. The monoisotopic (exact) mass is 338 g/mol. The molecule has 7 heteroatoms. The number of aromatic nitrogens is 1. The zero-order valence-electron chi connectivity index (χ0n) is 12.7. The largest absolute Gasteiger partial charge is 0.469 e. The molecule has 0 spiro atoms. The van der Waals surface area contributed by atoms with Crippen LogP contribution in [0.4, 0.5) is 4.39 Å². The van der Waals surface area contributed by atoms with Crippen LogP contribution < -0.4 is 11.0 Å². The average Bonchev–Trinajstić information content (AvgIpc) is 2.53. The van der Waals surface area contributed by atoms with E-state index in [0.717, 1.165) is 0 Å². The highest BCUT2D eigenvalue weighted by molar-refractivity contribution is 6.30. The van der Waals surface area contributed by atoms with Crippen molar-refractivity contribution in [1.29, 1.82) is 0 Å². The van der Waals surface area contributed by atoms with Crippen molar-refractivity contribution in [1.82, 2.24) is 4.68 Å². The molecule has 23 heavy (non-hydrogen) atoms. The summed E-state index contributed by atoms with van der Waals surface area (Å²) in [7, 11) is 1.26. The summed E-state index contributed by atoms with van der Waals surface area (Å²) in [5, 5.41) is 0.408. The van der Waals surface area contributed by atoms with E-state index in [-0.39, 0.29) is 18.5 Å². The van der Waals surface area contributed by atoms with Crippen LogP contribution >= 0.6 is 11.6 Å². The van der Waals surface area contributed by atoms with Gasteiger partial charge in [-0.1, -0.05) is 11.6 Å². The van der Waals surface area contributed by atoms with E-state index in [4.69, 9.17) is 11.6 Å². The third-order valence-electron chi connectivity index (χ3n) is 3.42. The standard InChI is InChI=1S/C16H16ClFN2O3/c1-10-5-6-20(16(22)13(10)8-15(21)23-2)19-9-11-7-12(17)3-4-14(11)18/h3-7,19H,8-9H2,1-2H3. The Hall–Kier alpha value is -2.34. The predicted molar refractivity (Wildman–Crippen MR) is 85.6 cm³/mol. The number of hydrogen-bond acceptors (Lipinski definition) is 4. The number of carbonyl (C=O) groups is 1. The van der Waals surface area contributed by atoms with Crippen molar-refractivity contribution in [2.45, 2.75) is 19.9 Å². The van der Waals surface area contributed by atoms with Crippen LogP contribution in [0.5, 0.6) is 0 Å². The van der Waals surface area contributed by atoms with E-state index in [1.165, 1.54) is 36.2 Å². The van der Waals surface area contributed by atoms with Crippen molar-refractivity contribution in [2.24, 2.45) is 0 Å². The second kappa shape index (κ2) is 7.28. The summed E-state index contributed by atoms with van der Waals surface area (Å²) in [4.78, 5) is 23.8. The molecule has 0 aliphatic carbocycles. The number of methoxy groups -OCH3 is 1. The van der Waals surface area contributed by atoms with Crippen molar-refractivity contribution in [3.05, 3.63) is 68.3 Å². The van der Waals surface area contributed by atoms with Crippen molar-refractivity contribution < 1.29 is 13.9 Å². The topological polar surface area (TPSA) is 60.3 Å². The fourth-order valence-electron chi connectivity index (χ4n) is 2.07. The first kappa shape index (κ1) is 17.0. The number of ether oxygens (including phenoxy) is 1. The van der Waals surface area contributed by atoms with Gasteiger partial charge >= 0.3 is 5.97 Å². The lowest BCUT2D eigenvalue weighted by Gasteiger charge is -2.13. The van der Waals surface area contributed by atoms with E-state index in [9.17, 15) is 14.0 Å². The van der Waals surface area contributed by atoms with Gasteiger partial charge in [-0.15, -0.1) is 0 Å². The first-order chi connectivity index (χ1) is 10.9. The molecule has 0 atom stereocenters. The van der Waals surface area contributed by atoms with Crippen LogP contribution in [0.3, 0.4) is 0 Å². The molecule has 0 aliphatic rings. The lowest BCUT2D eigenvalue weighted by molar-refractivity contribution is -0.139. The minimum atomic E-state index is -0.496. The third kappa shape index (κ3) is 4.10. The number of nitrogens with zero attached hydrogens (tertiary/aromatic N) is 1. The summed E-state index contributed by atoms with van der Waals surface area (Å²) in [6, 6.07) is 5.90. The Morgan fingerprint density at radius 3 is 2.83 bits per heavy atom. The molecule has 0 saturated heterocycles. The predicted octanol–water partition coefficient (Wildman–Crippen LogP) is 2.41. The van der Waals surface area contributed by atoms with Crippen LogP contribution in [0.2, 0.25) is 5.02 Å². The molecule has 1 heterocycles. The van der Waals surface area contributed by atoms with Crippen LogP contribution in [-0.2, 0) is 22.5 Å². The molecule has 0 unspecified atom stereocenters. The molecule has 1 N–H and O–H groups in total. The number of esters is 1. The highest BCUT2D eigenvalue weighted by atomic mass is 35.5. The molecule has 0 amide bonds. The van der Waals surface area contributed by atoms with Gasteiger partial charge in [0, 0.05) is 22.3 Å². The van der Waals surface area contributed by atoms with E-state index in [1.54, 1.807) is 13.0 Å². The summed E-state index contributed by atoms with van der Waals surface area (Å²) in [6.07, 6.45) is 1.41. The van der Waals surface area contributed by atoms with E-state index < -0.39 is 11.8 Å². The number of benzene rings is 1. The normalized spacial score (nSPS) is 10.4. The molecule has 2 aromatic rings. The second-order valence-electron chi connectivity index (χ2n) is 4.98. The number of rotatable bonds is 5. The molecular weight excluding hydrogens is 323 g/mol. The summed E-state index contributed by atoms with van der Waals surface area (Å²) >= 11 is 5.83. The van der Waals surface area contributed by atoms with E-state index in [0.29, 0.717) is 21.7 Å². The maximum atomic E-state index is 13.7. The number of pyridine rings is 1. The zero-order valence-corrected chi connectivity index (χ0v) is 13.5. The van der Waals surface area contributed by atoms with Gasteiger partial charge in [0.2, 0.25) is 0 Å². The Morgan fingerprint density at radius 2 is 2.13 bits per heavy atom. The number of carbonyl (C=O) groups excluding carboxylic acids is 1. The van der Waals surface area contributed by atoms with Gasteiger partial charge < -0.3 is 10.2 Å². The molecular formula is C16H16ClFN2O3. The van der Waals surface area contributed by atoms with Gasteiger partial charge in [-0.2, -0.15) is 0 Å². The highest BCUT2D eigenvalue weighted by Crippen LogP contribution is 2.14. The van der Waals surface area contributed by atoms with Crippen LogP contribution in [0.15, 0.2) is 35.3 Å². The zero-order chi connectivity index (χ0) is 17.0. The molecule has 2 rings (SSSR count). The first-order valence-electron chi connectivity index (χ1n) is 6.88. The number of hydrogen-bond donors (Lipinski definition) is 1. The lowest BCUT2D eigenvalue weighted by atomic mass is 10.1. The molecule has 1 aromatic heterocycles. The van der Waals surface area contributed by atoms with Gasteiger partial charge in [0.1, 0.15) is 5.82 Å². The SMILES string of the molecule is COC(=O)Cc1c(C)ccn(NCc2cc(Cl)ccc2F)c1=O. The van der Waals surface area contributed by atoms with Gasteiger partial charge in [-0.05, 0) is 36.8 Å². The Labute approximate surface area is 137 Å². The molecule has 0 fully saturated rings. The van der Waals surface area contributed by atoms with Gasteiger partial charge in [0.05, 0.1) is 20.1 Å². The minimum Gasteiger partial charge on any atom is -0.469 e. The highest BCUT2D eigenvalue weighted by Gasteiger charge is 2.12. The van der Waals surface area contributed by atoms with Crippen molar-refractivity contribution in [2.75, 3.05) is 12.5 Å². The molecule has 0 radical (unpaired) electrons. The maximum absolute atomic E-state index is 13.7. The average molecular weight is 339 g/mol. The van der Waals surface area contributed by atoms with Gasteiger partial charge in [-0.3, -0.25) is 9.59 Å². The van der Waals surface area contributed by atoms with E-state index >= 15 is 0 Å². The van der Waals surface area contributed by atoms with Crippen LogP contribution in [0, 0.1) is 12.7 Å². The van der Waals surface area contributed by atoms with Crippen molar-refractivity contribution in [3.63, 3.8) is 0 Å². The lowest BCUT2D eigenvalue weighted by Crippen LogP contribution is -2.32. The molecule has 5 nitrogen and oxygen atoms in total. The van der Waals surface area contributed by atoms with E-state index in [2.05, 4.69) is 10.2 Å². The van der Waals surface area contributed by atoms with Crippen molar-refractivity contribution >= 4 is 17.6 Å². The Morgan fingerprint density at radius 1 is 1.39 bits per heavy atom. The van der Waals surface area contributed by atoms with Crippen LogP contribution in [0.1, 0.15) is 16.7 Å². The summed E-state index contributed by atoms with van der Waals surface area (Å²) in [5.41, 5.74) is 3.78. The van der Waals surface area contributed by atoms with E-state index in [1.807, 2.05) is 0 Å². The van der Waals surface area contributed by atoms with Crippen LogP contribution in [0.25, 0.3) is 0 Å². The Kier molecular flexibility index (Phi) is 5.39. The van der Waals surface area contributed by atoms with Gasteiger partial charge in [0.15, 0.2) is 0 Å². The molecule has 0 saturated carbocycles. The minimum absolute atomic E-state index is 0.0764. The van der Waals surface area contributed by atoms with Crippen LogP contribution in [-0.4, -0.2) is 17.8 Å². The number of aryl methyl sites for hydroxylation is 1. The van der Waals surface area contributed by atoms with Gasteiger partial charge in [0.25, 0.3) is 5.56 Å².